The van der Waals surface area contributed by atoms with Crippen molar-refractivity contribution >= 4 is 12.4 Å². The van der Waals surface area contributed by atoms with Crippen molar-refractivity contribution in [1.82, 2.24) is 0 Å². The van der Waals surface area contributed by atoms with E-state index in [2.05, 4.69) is 10.3 Å². The molecule has 0 aromatic carbocycles. The molecule has 2 aromatic rings. The number of nitrogens with zero attached hydrogens (tertiary/aromatic N) is 4. The average molecular weight is 460 g/mol. The third kappa shape index (κ3) is 6.76. The molecule has 2 heterocycles. The van der Waals surface area contributed by atoms with Gasteiger partial charge in [-0.2, -0.15) is 9.13 Å². The van der Waals surface area contributed by atoms with E-state index < -0.39 is 0 Å². The molecule has 8 heteroatoms. The molecule has 6 nitrogen and oxygen atoms in total. The highest BCUT2D eigenvalue weighted by atomic mass is 79.9. The second-order valence-electron chi connectivity index (χ2n) is 4.83. The molecule has 0 spiro atoms. The molecule has 130 valence electrons. The summed E-state index contributed by atoms with van der Waals surface area (Å²) in [5.41, 5.74) is 1.73. The molecule has 0 unspecified atom stereocenters. The number of unbranched alkanes of at least 4 members (excludes halogenated alkanes) is 1. The van der Waals surface area contributed by atoms with E-state index in [-0.39, 0.29) is 34.0 Å². The zero-order valence-electron chi connectivity index (χ0n) is 13.0. The fraction of sp³-hybridized carbons (Fsp3) is 0.250. The number of aromatic nitrogens is 2. The molecule has 0 saturated carbocycles. The average Bonchev–Trinajstić information content (AvgIpc) is 2.55. The van der Waals surface area contributed by atoms with Crippen LogP contribution < -0.4 is 43.1 Å². The van der Waals surface area contributed by atoms with Crippen LogP contribution in [0.2, 0.25) is 0 Å². The number of aryl methyl sites for hydroxylation is 2. The summed E-state index contributed by atoms with van der Waals surface area (Å²) < 4.78 is 4.09. The Labute approximate surface area is 162 Å². The number of hydrogen-bond acceptors (Lipinski definition) is 4. The van der Waals surface area contributed by atoms with Gasteiger partial charge in [0.15, 0.2) is 12.4 Å². The first-order valence-electron chi connectivity index (χ1n) is 7.17. The van der Waals surface area contributed by atoms with Gasteiger partial charge in [-0.05, 0) is 12.1 Å². The van der Waals surface area contributed by atoms with Crippen LogP contribution in [0, 0.1) is 0 Å². The molecule has 2 N–H and O–H groups in total. The molecule has 0 aliphatic carbocycles. The molecule has 0 aliphatic heterocycles. The third-order valence-electron chi connectivity index (χ3n) is 3.38. The summed E-state index contributed by atoms with van der Waals surface area (Å²) in [6.45, 7) is 1.69. The third-order valence-corrected chi connectivity index (χ3v) is 3.38. The molecule has 0 aliphatic rings. The highest BCUT2D eigenvalue weighted by molar-refractivity contribution is 5.74. The summed E-state index contributed by atoms with van der Waals surface area (Å²) in [5, 5.41) is 23.5. The Balaban J connectivity index is 0.00000264. The molecule has 2 aromatic heterocycles. The van der Waals surface area contributed by atoms with Crippen LogP contribution in [0.15, 0.2) is 59.1 Å². The molecule has 0 saturated heterocycles. The van der Waals surface area contributed by atoms with Crippen LogP contribution in [-0.4, -0.2) is 22.8 Å². The van der Waals surface area contributed by atoms with Crippen molar-refractivity contribution in [2.45, 2.75) is 25.9 Å². The Kier molecular flexibility index (Phi) is 11.7. The predicted octanol–water partition coefficient (Wildman–Crippen LogP) is -4.63. The van der Waals surface area contributed by atoms with E-state index in [1.807, 2.05) is 57.9 Å². The largest absolute Gasteiger partial charge is 1.00 e. The van der Waals surface area contributed by atoms with Gasteiger partial charge in [-0.25, -0.2) is 0 Å². The monoisotopic (exact) mass is 458 g/mol. The zero-order valence-corrected chi connectivity index (χ0v) is 16.2. The molecular formula is C16H20Br2N4O2. The quantitative estimate of drug-likeness (QED) is 0.144. The fourth-order valence-electron chi connectivity index (χ4n) is 2.30. The number of pyridine rings is 2. The minimum absolute atomic E-state index is 0. The minimum atomic E-state index is 0. The highest BCUT2D eigenvalue weighted by Crippen LogP contribution is 1.95. The molecule has 2 rings (SSSR count). The van der Waals surface area contributed by atoms with Crippen LogP contribution in [0.1, 0.15) is 24.2 Å². The number of halogens is 2. The predicted molar refractivity (Wildman–Crippen MR) is 81.3 cm³/mol. The number of hydrogen-bond donors (Lipinski definition) is 2. The van der Waals surface area contributed by atoms with E-state index in [9.17, 15) is 0 Å². The van der Waals surface area contributed by atoms with Crippen molar-refractivity contribution in [3.8, 4) is 0 Å². The Morgan fingerprint density at radius 2 is 1.17 bits per heavy atom. The van der Waals surface area contributed by atoms with Crippen molar-refractivity contribution in [1.29, 1.82) is 0 Å². The van der Waals surface area contributed by atoms with Gasteiger partial charge >= 0.3 is 0 Å². The maximum Gasteiger partial charge on any atom is 0.227 e. The Morgan fingerprint density at radius 3 is 1.54 bits per heavy atom. The molecular weight excluding hydrogens is 440 g/mol. The topological polar surface area (TPSA) is 72.9 Å². The van der Waals surface area contributed by atoms with Gasteiger partial charge in [0.25, 0.3) is 0 Å². The summed E-state index contributed by atoms with van der Waals surface area (Å²) in [4.78, 5) is 0. The summed E-state index contributed by atoms with van der Waals surface area (Å²) in [6, 6.07) is 11.5. The fourth-order valence-corrected chi connectivity index (χ4v) is 2.30. The number of rotatable bonds is 7. The standard InChI is InChI=1S/C16H18N4O2.2BrH/c21-17-13-15-7-1-3-9-19(15)11-5-6-12-20-10-4-2-8-16(20)14-18-22;;/h1-4,7-10,13-14H,5-6,11-12H2;2*1H. The van der Waals surface area contributed by atoms with E-state index in [1.165, 1.54) is 12.4 Å². The lowest BCUT2D eigenvalue weighted by molar-refractivity contribution is -0.709. The van der Waals surface area contributed by atoms with Crippen LogP contribution in [-0.2, 0) is 13.1 Å². The van der Waals surface area contributed by atoms with Gasteiger partial charge in [0.05, 0.1) is 0 Å². The first-order valence-corrected chi connectivity index (χ1v) is 7.17. The van der Waals surface area contributed by atoms with E-state index in [4.69, 9.17) is 10.4 Å². The summed E-state index contributed by atoms with van der Waals surface area (Å²) >= 11 is 0. The van der Waals surface area contributed by atoms with Crippen molar-refractivity contribution in [3.05, 3.63) is 60.2 Å². The van der Waals surface area contributed by atoms with Gasteiger partial charge in [0.2, 0.25) is 11.4 Å². The molecule has 0 amide bonds. The lowest BCUT2D eigenvalue weighted by Crippen LogP contribution is -3.00. The molecule has 0 atom stereocenters. The van der Waals surface area contributed by atoms with Crippen LogP contribution in [0.25, 0.3) is 0 Å². The van der Waals surface area contributed by atoms with Crippen molar-refractivity contribution in [2.24, 2.45) is 10.3 Å². The normalized spacial score (nSPS) is 10.5. The number of oxime groups is 2. The van der Waals surface area contributed by atoms with Crippen LogP contribution in [0.5, 0.6) is 0 Å². The van der Waals surface area contributed by atoms with E-state index in [0.717, 1.165) is 37.3 Å². The van der Waals surface area contributed by atoms with Crippen molar-refractivity contribution in [3.63, 3.8) is 0 Å². The molecule has 0 bridgehead atoms. The van der Waals surface area contributed by atoms with E-state index >= 15 is 0 Å². The first-order chi connectivity index (χ1) is 10.8. The van der Waals surface area contributed by atoms with Crippen molar-refractivity contribution < 1.29 is 53.5 Å². The van der Waals surface area contributed by atoms with Crippen molar-refractivity contribution in [2.75, 3.05) is 0 Å². The lowest BCUT2D eigenvalue weighted by atomic mass is 10.2. The van der Waals surface area contributed by atoms with Gasteiger partial charge in [0, 0.05) is 37.1 Å². The second kappa shape index (κ2) is 12.6. The van der Waals surface area contributed by atoms with E-state index in [0.29, 0.717) is 0 Å². The minimum Gasteiger partial charge on any atom is -1.00 e. The summed E-state index contributed by atoms with van der Waals surface area (Å²) in [6.07, 6.45) is 8.77. The van der Waals surface area contributed by atoms with Crippen LogP contribution in [0.4, 0.5) is 0 Å². The zero-order chi connectivity index (χ0) is 15.6. The maximum atomic E-state index is 8.67. The van der Waals surface area contributed by atoms with Gasteiger partial charge in [-0.3, -0.25) is 0 Å². The van der Waals surface area contributed by atoms with Gasteiger partial charge in [-0.15, -0.1) is 0 Å². The summed E-state index contributed by atoms with van der Waals surface area (Å²) in [5.74, 6) is 0. The maximum absolute atomic E-state index is 8.67. The SMILES string of the molecule is O/N=C\c1cccc[n+]1CCCC[n+]1ccccc1/C=N\O.[Br-].[Br-]. The van der Waals surface area contributed by atoms with Gasteiger partial charge < -0.3 is 44.4 Å². The first kappa shape index (κ1) is 22.2. The Bertz CT molecular complexity index is 609. The Morgan fingerprint density at radius 1 is 0.750 bits per heavy atom. The van der Waals surface area contributed by atoms with Gasteiger partial charge in [-0.1, -0.05) is 10.3 Å². The van der Waals surface area contributed by atoms with Crippen LogP contribution in [0.3, 0.4) is 0 Å². The van der Waals surface area contributed by atoms with E-state index in [1.54, 1.807) is 0 Å². The molecule has 0 fully saturated rings. The highest BCUT2D eigenvalue weighted by Gasteiger charge is 2.10. The molecule has 24 heavy (non-hydrogen) atoms. The molecule has 0 radical (unpaired) electrons. The smallest absolute Gasteiger partial charge is 0.227 e. The lowest BCUT2D eigenvalue weighted by Gasteiger charge is -2.01. The van der Waals surface area contributed by atoms with Gasteiger partial charge in [0.1, 0.15) is 25.5 Å². The summed E-state index contributed by atoms with van der Waals surface area (Å²) in [7, 11) is 0. The van der Waals surface area contributed by atoms with Crippen LogP contribution >= 0.6 is 0 Å². The Hall–Kier alpha value is -1.80. The second-order valence-corrected chi connectivity index (χ2v) is 4.83.